The van der Waals surface area contributed by atoms with Crippen molar-refractivity contribution in [2.24, 2.45) is 0 Å². The summed E-state index contributed by atoms with van der Waals surface area (Å²) in [4.78, 5) is 22.3. The first-order chi connectivity index (χ1) is 12.6. The number of hydrogen-bond acceptors (Lipinski definition) is 7. The van der Waals surface area contributed by atoms with Crippen LogP contribution >= 0.6 is 34.7 Å². The molecule has 6 nitrogen and oxygen atoms in total. The molecular formula is C17H15ClN4O2S2. The molecule has 1 aromatic carbocycles. The topological polar surface area (TPSA) is 81.0 Å². The van der Waals surface area contributed by atoms with E-state index >= 15 is 0 Å². The maximum absolute atomic E-state index is 11.2. The fraction of sp³-hybridized carbons (Fsp3) is 0.294. The molecule has 1 aliphatic carbocycles. The van der Waals surface area contributed by atoms with Crippen LogP contribution in [0.3, 0.4) is 0 Å². The molecule has 1 aliphatic rings. The van der Waals surface area contributed by atoms with Crippen LogP contribution in [0, 0.1) is 10.1 Å². The number of benzene rings is 1. The van der Waals surface area contributed by atoms with Crippen molar-refractivity contribution in [3.05, 3.63) is 43.8 Å². The number of thioether (sulfide) groups is 1. The first kappa shape index (κ1) is 17.5. The fourth-order valence-corrected chi connectivity index (χ4v) is 5.06. The number of nitrogens with zero attached hydrogens (tertiary/aromatic N) is 3. The van der Waals surface area contributed by atoms with E-state index in [2.05, 4.69) is 15.3 Å². The van der Waals surface area contributed by atoms with Crippen LogP contribution in [0.4, 0.5) is 17.2 Å². The average molecular weight is 407 g/mol. The lowest BCUT2D eigenvalue weighted by Crippen LogP contribution is -2.02. The van der Waals surface area contributed by atoms with E-state index in [1.165, 1.54) is 40.8 Å². The fourth-order valence-electron chi connectivity index (χ4n) is 3.19. The summed E-state index contributed by atoms with van der Waals surface area (Å²) in [6.45, 7) is 0. The van der Waals surface area contributed by atoms with Crippen molar-refractivity contribution in [1.82, 2.24) is 9.97 Å². The van der Waals surface area contributed by atoms with E-state index in [0.29, 0.717) is 16.7 Å². The highest BCUT2D eigenvalue weighted by atomic mass is 35.5. The SMILES string of the molecule is CSc1nc(Nc2ccc(Cl)c([N+](=O)[O-])c2)c2c3c(sc2n1)CCCC3. The number of nitrogens with one attached hydrogen (secondary N) is 1. The van der Waals surface area contributed by atoms with E-state index in [1.54, 1.807) is 17.4 Å². The number of hydrogen-bond donors (Lipinski definition) is 1. The first-order valence-corrected chi connectivity index (χ1v) is 10.6. The van der Waals surface area contributed by atoms with Crippen LogP contribution in [0.2, 0.25) is 5.02 Å². The van der Waals surface area contributed by atoms with E-state index in [1.807, 2.05) is 6.26 Å². The molecule has 0 aliphatic heterocycles. The Balaban J connectivity index is 1.84. The monoisotopic (exact) mass is 406 g/mol. The lowest BCUT2D eigenvalue weighted by atomic mass is 9.97. The van der Waals surface area contributed by atoms with Crippen molar-refractivity contribution in [1.29, 1.82) is 0 Å². The van der Waals surface area contributed by atoms with Crippen LogP contribution in [0.1, 0.15) is 23.3 Å². The van der Waals surface area contributed by atoms with E-state index in [0.717, 1.165) is 29.5 Å². The van der Waals surface area contributed by atoms with Crippen LogP contribution in [0.15, 0.2) is 23.4 Å². The molecule has 0 atom stereocenters. The highest BCUT2D eigenvalue weighted by Crippen LogP contribution is 2.40. The maximum Gasteiger partial charge on any atom is 0.289 e. The van der Waals surface area contributed by atoms with Gasteiger partial charge in [0.05, 0.1) is 10.3 Å². The van der Waals surface area contributed by atoms with Crippen LogP contribution in [0.25, 0.3) is 10.2 Å². The largest absolute Gasteiger partial charge is 0.339 e. The predicted octanol–water partition coefficient (Wildman–Crippen LogP) is 5.60. The molecule has 0 amide bonds. The number of halogens is 1. The highest BCUT2D eigenvalue weighted by molar-refractivity contribution is 7.98. The van der Waals surface area contributed by atoms with Crippen molar-refractivity contribution in [3.63, 3.8) is 0 Å². The molecule has 9 heteroatoms. The van der Waals surface area contributed by atoms with Gasteiger partial charge in [-0.05, 0) is 49.6 Å². The number of aryl methyl sites for hydroxylation is 2. The predicted molar refractivity (Wildman–Crippen MR) is 107 cm³/mol. The van der Waals surface area contributed by atoms with Gasteiger partial charge in [-0.25, -0.2) is 9.97 Å². The minimum Gasteiger partial charge on any atom is -0.339 e. The number of thiophene rings is 1. The van der Waals surface area contributed by atoms with Crippen molar-refractivity contribution in [2.75, 3.05) is 11.6 Å². The summed E-state index contributed by atoms with van der Waals surface area (Å²) >= 11 is 9.13. The summed E-state index contributed by atoms with van der Waals surface area (Å²) < 4.78 is 0. The number of anilines is 2. The van der Waals surface area contributed by atoms with Crippen molar-refractivity contribution >= 4 is 62.1 Å². The van der Waals surface area contributed by atoms with Crippen molar-refractivity contribution in [3.8, 4) is 0 Å². The quantitative estimate of drug-likeness (QED) is 0.263. The Morgan fingerprint density at radius 3 is 2.88 bits per heavy atom. The number of fused-ring (bicyclic) bond motifs is 3. The van der Waals surface area contributed by atoms with Gasteiger partial charge < -0.3 is 5.32 Å². The van der Waals surface area contributed by atoms with Crippen LogP contribution in [0.5, 0.6) is 0 Å². The van der Waals surface area contributed by atoms with E-state index < -0.39 is 4.92 Å². The Kier molecular flexibility index (Phi) is 4.73. The number of nitro benzene ring substituents is 1. The van der Waals surface area contributed by atoms with Crippen molar-refractivity contribution in [2.45, 2.75) is 30.8 Å². The average Bonchev–Trinajstić information content (AvgIpc) is 3.01. The molecular weight excluding hydrogens is 392 g/mol. The minimum atomic E-state index is -0.483. The molecule has 26 heavy (non-hydrogen) atoms. The molecule has 0 spiro atoms. The second kappa shape index (κ2) is 7.02. The number of aromatic nitrogens is 2. The van der Waals surface area contributed by atoms with Gasteiger partial charge in [0.2, 0.25) is 0 Å². The lowest BCUT2D eigenvalue weighted by Gasteiger charge is -2.13. The molecule has 1 N–H and O–H groups in total. The molecule has 0 bridgehead atoms. The van der Waals surface area contributed by atoms with Gasteiger partial charge >= 0.3 is 0 Å². The van der Waals surface area contributed by atoms with E-state index in [9.17, 15) is 10.1 Å². The van der Waals surface area contributed by atoms with E-state index in [4.69, 9.17) is 11.6 Å². The molecule has 3 aromatic rings. The molecule has 2 heterocycles. The zero-order chi connectivity index (χ0) is 18.3. The third-order valence-electron chi connectivity index (χ3n) is 4.38. The van der Waals surface area contributed by atoms with Crippen LogP contribution < -0.4 is 5.32 Å². The molecule has 4 rings (SSSR count). The van der Waals surface area contributed by atoms with Gasteiger partial charge in [0.15, 0.2) is 5.16 Å². The summed E-state index contributed by atoms with van der Waals surface area (Å²) in [5.41, 5.74) is 1.78. The molecule has 134 valence electrons. The van der Waals surface area contributed by atoms with Crippen LogP contribution in [-0.2, 0) is 12.8 Å². The Bertz CT molecular complexity index is 1020. The number of rotatable bonds is 4. The Hall–Kier alpha value is -1.90. The second-order valence-corrected chi connectivity index (χ2v) is 8.26. The number of nitro groups is 1. The summed E-state index contributed by atoms with van der Waals surface area (Å²) in [5.74, 6) is 0.704. The lowest BCUT2D eigenvalue weighted by molar-refractivity contribution is -0.384. The second-order valence-electron chi connectivity index (χ2n) is 6.00. The van der Waals surface area contributed by atoms with Crippen molar-refractivity contribution < 1.29 is 4.92 Å². The zero-order valence-electron chi connectivity index (χ0n) is 13.9. The van der Waals surface area contributed by atoms with Gasteiger partial charge in [0.25, 0.3) is 5.69 Å². The third kappa shape index (κ3) is 3.13. The Morgan fingerprint density at radius 2 is 2.12 bits per heavy atom. The maximum atomic E-state index is 11.2. The van der Waals surface area contributed by atoms with Gasteiger partial charge in [-0.15, -0.1) is 11.3 Å². The molecule has 0 fully saturated rings. The molecule has 2 aromatic heterocycles. The van der Waals surface area contributed by atoms with Gasteiger partial charge in [-0.3, -0.25) is 10.1 Å². The molecule has 0 saturated carbocycles. The van der Waals surface area contributed by atoms with E-state index in [-0.39, 0.29) is 10.7 Å². The van der Waals surface area contributed by atoms with Gasteiger partial charge in [0, 0.05) is 16.6 Å². The van der Waals surface area contributed by atoms with Gasteiger partial charge in [-0.1, -0.05) is 23.4 Å². The summed E-state index contributed by atoms with van der Waals surface area (Å²) in [6.07, 6.45) is 6.40. The van der Waals surface area contributed by atoms with Gasteiger partial charge in [-0.2, -0.15) is 0 Å². The molecule has 0 radical (unpaired) electrons. The Labute approximate surface area is 163 Å². The minimum absolute atomic E-state index is 0.117. The smallest absolute Gasteiger partial charge is 0.289 e. The third-order valence-corrected chi connectivity index (χ3v) is 6.44. The van der Waals surface area contributed by atoms with Crippen LogP contribution in [-0.4, -0.2) is 21.1 Å². The molecule has 0 saturated heterocycles. The Morgan fingerprint density at radius 1 is 1.31 bits per heavy atom. The molecule has 0 unspecified atom stereocenters. The summed E-state index contributed by atoms with van der Waals surface area (Å²) in [5, 5.41) is 16.3. The standard InChI is InChI=1S/C17H15ClN4O2S2/c1-25-17-20-15(19-9-6-7-11(18)12(8-9)22(23)24)14-10-4-2-3-5-13(10)26-16(14)21-17/h6-8H,2-5H2,1H3,(H,19,20,21). The zero-order valence-corrected chi connectivity index (χ0v) is 16.3. The normalized spacial score (nSPS) is 13.6. The first-order valence-electron chi connectivity index (χ1n) is 8.14. The summed E-state index contributed by atoms with van der Waals surface area (Å²) in [7, 11) is 0. The highest BCUT2D eigenvalue weighted by Gasteiger charge is 2.22. The van der Waals surface area contributed by atoms with Gasteiger partial charge in [0.1, 0.15) is 15.7 Å². The summed E-state index contributed by atoms with van der Waals surface area (Å²) in [6, 6.07) is 4.69.